The number of halogens is 1. The Hall–Kier alpha value is -2.95. The molecular formula is C21H20FN3O. The van der Waals surface area contributed by atoms with Gasteiger partial charge in [-0.2, -0.15) is 5.10 Å². The van der Waals surface area contributed by atoms with Crippen molar-refractivity contribution < 1.29 is 9.18 Å². The molecule has 26 heavy (non-hydrogen) atoms. The van der Waals surface area contributed by atoms with Crippen LogP contribution in [-0.2, 0) is 13.6 Å². The molecule has 2 heterocycles. The molecule has 1 aliphatic heterocycles. The number of aromatic nitrogens is 2. The predicted octanol–water partition coefficient (Wildman–Crippen LogP) is 3.66. The number of aryl methyl sites for hydroxylation is 2. The lowest BCUT2D eigenvalue weighted by Crippen LogP contribution is -2.38. The maximum absolute atomic E-state index is 13.9. The van der Waals surface area contributed by atoms with E-state index in [1.165, 1.54) is 11.6 Å². The third-order valence-electron chi connectivity index (χ3n) is 5.03. The van der Waals surface area contributed by atoms with Gasteiger partial charge in [-0.1, -0.05) is 30.3 Å². The molecule has 0 bridgehead atoms. The fraction of sp³-hybridized carbons (Fsp3) is 0.238. The van der Waals surface area contributed by atoms with Crippen molar-refractivity contribution in [2.45, 2.75) is 19.4 Å². The van der Waals surface area contributed by atoms with Crippen LogP contribution in [0.5, 0.6) is 0 Å². The lowest BCUT2D eigenvalue weighted by Gasteiger charge is -2.34. The highest BCUT2D eigenvalue weighted by molar-refractivity contribution is 5.94. The van der Waals surface area contributed by atoms with Gasteiger partial charge in [-0.3, -0.25) is 9.48 Å². The Morgan fingerprint density at radius 2 is 2.04 bits per heavy atom. The summed E-state index contributed by atoms with van der Waals surface area (Å²) < 4.78 is 15.7. The molecule has 1 amide bonds. The standard InChI is InChI=1S/C21H20FN3O/c1-14-7-8-15(9-20(14)22)21(26)25-12-16-5-3-4-6-18(16)19(13-25)17-10-23-24(2)11-17/h3-11,19H,12-13H2,1-2H3. The SMILES string of the molecule is Cc1ccc(C(=O)N2Cc3ccccc3C(c3cnn(C)c3)C2)cc1F. The molecule has 0 N–H and O–H groups in total. The van der Waals surface area contributed by atoms with E-state index in [-0.39, 0.29) is 17.6 Å². The molecule has 0 fully saturated rings. The minimum atomic E-state index is -0.350. The normalized spacial score (nSPS) is 16.4. The van der Waals surface area contributed by atoms with E-state index in [9.17, 15) is 9.18 Å². The predicted molar refractivity (Wildman–Crippen MR) is 97.4 cm³/mol. The Balaban J connectivity index is 1.70. The lowest BCUT2D eigenvalue weighted by molar-refractivity contribution is 0.0724. The largest absolute Gasteiger partial charge is 0.333 e. The summed E-state index contributed by atoms with van der Waals surface area (Å²) >= 11 is 0. The van der Waals surface area contributed by atoms with Crippen molar-refractivity contribution in [3.05, 3.63) is 88.5 Å². The van der Waals surface area contributed by atoms with Gasteiger partial charge in [-0.15, -0.1) is 0 Å². The van der Waals surface area contributed by atoms with Crippen LogP contribution < -0.4 is 0 Å². The van der Waals surface area contributed by atoms with E-state index in [2.05, 4.69) is 11.2 Å². The van der Waals surface area contributed by atoms with E-state index in [1.807, 2.05) is 37.6 Å². The quantitative estimate of drug-likeness (QED) is 0.708. The number of carbonyl (C=O) groups is 1. The van der Waals surface area contributed by atoms with Gasteiger partial charge in [0.25, 0.3) is 5.91 Å². The number of hydrogen-bond donors (Lipinski definition) is 0. The number of fused-ring (bicyclic) bond motifs is 1. The molecule has 3 aromatic rings. The van der Waals surface area contributed by atoms with Gasteiger partial charge in [0.2, 0.25) is 0 Å². The van der Waals surface area contributed by atoms with Crippen LogP contribution in [0.2, 0.25) is 0 Å². The van der Waals surface area contributed by atoms with E-state index in [0.717, 1.165) is 11.1 Å². The monoisotopic (exact) mass is 349 g/mol. The molecule has 5 heteroatoms. The first-order chi connectivity index (χ1) is 12.5. The fourth-order valence-electron chi connectivity index (χ4n) is 3.58. The van der Waals surface area contributed by atoms with Crippen molar-refractivity contribution >= 4 is 5.91 Å². The van der Waals surface area contributed by atoms with Crippen molar-refractivity contribution in [1.29, 1.82) is 0 Å². The van der Waals surface area contributed by atoms with E-state index in [1.54, 1.807) is 28.6 Å². The van der Waals surface area contributed by atoms with Crippen LogP contribution in [0.1, 0.15) is 38.5 Å². The maximum atomic E-state index is 13.9. The Bertz CT molecular complexity index is 979. The lowest BCUT2D eigenvalue weighted by atomic mass is 9.86. The summed E-state index contributed by atoms with van der Waals surface area (Å²) in [5.41, 5.74) is 4.34. The molecule has 1 aliphatic rings. The van der Waals surface area contributed by atoms with Crippen LogP contribution >= 0.6 is 0 Å². The second-order valence-electron chi connectivity index (χ2n) is 6.85. The zero-order chi connectivity index (χ0) is 18.3. The average Bonchev–Trinajstić information content (AvgIpc) is 3.08. The molecule has 0 radical (unpaired) electrons. The molecule has 0 spiro atoms. The number of hydrogen-bond acceptors (Lipinski definition) is 2. The van der Waals surface area contributed by atoms with Gasteiger partial charge in [0.1, 0.15) is 5.82 Å². The summed E-state index contributed by atoms with van der Waals surface area (Å²) in [6.45, 7) is 2.78. The van der Waals surface area contributed by atoms with E-state index >= 15 is 0 Å². The Labute approximate surface area is 151 Å². The molecule has 0 saturated heterocycles. The first kappa shape index (κ1) is 16.5. The summed E-state index contributed by atoms with van der Waals surface area (Å²) in [6.07, 6.45) is 3.84. The summed E-state index contributed by atoms with van der Waals surface area (Å²) in [5.74, 6) is -0.433. The Morgan fingerprint density at radius 1 is 1.23 bits per heavy atom. The van der Waals surface area contributed by atoms with Crippen LogP contribution in [-0.4, -0.2) is 27.1 Å². The van der Waals surface area contributed by atoms with Crippen molar-refractivity contribution in [3.63, 3.8) is 0 Å². The summed E-state index contributed by atoms with van der Waals surface area (Å²) in [6, 6.07) is 12.8. The number of amides is 1. The summed E-state index contributed by atoms with van der Waals surface area (Å²) in [5, 5.41) is 4.28. The van der Waals surface area contributed by atoms with Crippen molar-refractivity contribution in [2.24, 2.45) is 7.05 Å². The van der Waals surface area contributed by atoms with Crippen LogP contribution in [0.25, 0.3) is 0 Å². The molecule has 0 aliphatic carbocycles. The molecule has 4 rings (SSSR count). The highest BCUT2D eigenvalue weighted by Crippen LogP contribution is 2.34. The second kappa shape index (κ2) is 6.41. The molecule has 132 valence electrons. The zero-order valence-corrected chi connectivity index (χ0v) is 14.8. The van der Waals surface area contributed by atoms with Gasteiger partial charge in [-0.25, -0.2) is 4.39 Å². The fourth-order valence-corrected chi connectivity index (χ4v) is 3.58. The maximum Gasteiger partial charge on any atom is 0.254 e. The highest BCUT2D eigenvalue weighted by atomic mass is 19.1. The minimum Gasteiger partial charge on any atom is -0.333 e. The van der Waals surface area contributed by atoms with E-state index < -0.39 is 0 Å². The van der Waals surface area contributed by atoms with Crippen molar-refractivity contribution in [1.82, 2.24) is 14.7 Å². The highest BCUT2D eigenvalue weighted by Gasteiger charge is 2.30. The third-order valence-corrected chi connectivity index (χ3v) is 5.03. The number of carbonyl (C=O) groups excluding carboxylic acids is 1. The van der Waals surface area contributed by atoms with E-state index in [4.69, 9.17) is 0 Å². The topological polar surface area (TPSA) is 38.1 Å². The van der Waals surface area contributed by atoms with Crippen molar-refractivity contribution in [2.75, 3.05) is 6.54 Å². The van der Waals surface area contributed by atoms with Crippen LogP contribution in [0.15, 0.2) is 54.9 Å². The Morgan fingerprint density at radius 3 is 2.77 bits per heavy atom. The molecule has 1 aromatic heterocycles. The zero-order valence-electron chi connectivity index (χ0n) is 14.8. The molecule has 0 saturated carbocycles. The summed E-state index contributed by atoms with van der Waals surface area (Å²) in [4.78, 5) is 14.8. The number of rotatable bonds is 2. The van der Waals surface area contributed by atoms with Gasteiger partial charge >= 0.3 is 0 Å². The first-order valence-electron chi connectivity index (χ1n) is 8.64. The van der Waals surface area contributed by atoms with Gasteiger partial charge < -0.3 is 4.90 Å². The van der Waals surface area contributed by atoms with E-state index in [0.29, 0.717) is 24.2 Å². The Kier molecular flexibility index (Phi) is 4.07. The molecule has 1 atom stereocenters. The molecule has 2 aromatic carbocycles. The van der Waals surface area contributed by atoms with Gasteiger partial charge in [0.05, 0.1) is 6.20 Å². The van der Waals surface area contributed by atoms with Crippen LogP contribution in [0.4, 0.5) is 4.39 Å². The van der Waals surface area contributed by atoms with Gasteiger partial charge in [-0.05, 0) is 41.3 Å². The van der Waals surface area contributed by atoms with Crippen LogP contribution in [0, 0.1) is 12.7 Å². The number of benzene rings is 2. The van der Waals surface area contributed by atoms with Crippen molar-refractivity contribution in [3.8, 4) is 0 Å². The van der Waals surface area contributed by atoms with Gasteiger partial charge in [0.15, 0.2) is 0 Å². The molecular weight excluding hydrogens is 329 g/mol. The molecule has 1 unspecified atom stereocenters. The smallest absolute Gasteiger partial charge is 0.254 e. The van der Waals surface area contributed by atoms with Gasteiger partial charge in [0, 0.05) is 37.8 Å². The third kappa shape index (κ3) is 2.90. The average molecular weight is 349 g/mol. The van der Waals surface area contributed by atoms with Crippen LogP contribution in [0.3, 0.4) is 0 Å². The first-order valence-corrected chi connectivity index (χ1v) is 8.64. The minimum absolute atomic E-state index is 0.0629. The second-order valence-corrected chi connectivity index (χ2v) is 6.85. The number of nitrogens with zero attached hydrogens (tertiary/aromatic N) is 3. The molecule has 4 nitrogen and oxygen atoms in total. The summed E-state index contributed by atoms with van der Waals surface area (Å²) in [7, 11) is 1.89.